The molecule has 0 aliphatic carbocycles. The van der Waals surface area contributed by atoms with Crippen molar-refractivity contribution in [2.45, 2.75) is 26.2 Å². The van der Waals surface area contributed by atoms with Gasteiger partial charge in [0.15, 0.2) is 51.0 Å². The highest BCUT2D eigenvalue weighted by Crippen LogP contribution is 2.36. The monoisotopic (exact) mass is 782 g/mol. The molecule has 8 heteroatoms. The highest BCUT2D eigenvalue weighted by Gasteiger charge is 2.27. The van der Waals surface area contributed by atoms with Gasteiger partial charge in [-0.3, -0.25) is 0 Å². The van der Waals surface area contributed by atoms with E-state index in [0.717, 1.165) is 89.9 Å². The van der Waals surface area contributed by atoms with Crippen molar-refractivity contribution in [3.63, 3.8) is 0 Å². The quantitative estimate of drug-likeness (QED) is 0.0959. The third-order valence-corrected chi connectivity index (χ3v) is 10.8. The molecule has 8 nitrogen and oxygen atoms in total. The number of hydrogen-bond acceptors (Lipinski definition) is 2. The number of rotatable bonds is 12. The normalized spacial score (nSPS) is 11.7. The Morgan fingerprint density at radius 2 is 0.617 bits per heavy atom. The Morgan fingerprint density at radius 3 is 0.850 bits per heavy atom. The van der Waals surface area contributed by atoms with Crippen LogP contribution in [0.3, 0.4) is 0 Å². The molecule has 2 aliphatic heterocycles. The maximum atomic E-state index is 5.52. The van der Waals surface area contributed by atoms with Crippen LogP contribution in [0.15, 0.2) is 172 Å². The minimum atomic E-state index is 0.630. The van der Waals surface area contributed by atoms with Gasteiger partial charge in [-0.1, -0.05) is 26.3 Å². The van der Waals surface area contributed by atoms with E-state index in [9.17, 15) is 0 Å². The van der Waals surface area contributed by atoms with E-state index in [-0.39, 0.29) is 0 Å². The standard InChI is InChI=1S/C52H45N8/c1-5-29-57-33-13-9-17-45(57)49-37-21-23-39(53-37)50(46-18-10-14-34-58(46)30-6-2)41-25-27-43(55-41)52(48-20-12-16-36-60(48)32-8-4)44-28-26-42(56-44)51(40-24-22-38(49)54-40)47-19-11-15-35-59(47)31-7-3/h5-28,33-36H,1-4,29-32H2,(H,53,54,55,56)/q+3/p+1. The molecule has 2 aliphatic rings. The van der Waals surface area contributed by atoms with Crippen LogP contribution in [0.1, 0.15) is 22.8 Å². The molecule has 2 N–H and O–H groups in total. The number of pyridine rings is 4. The van der Waals surface area contributed by atoms with Crippen LogP contribution in [-0.4, -0.2) is 19.9 Å². The molecule has 0 amide bonds. The lowest BCUT2D eigenvalue weighted by molar-refractivity contribution is -0.676. The second kappa shape index (κ2) is 16.6. The molecule has 0 unspecified atom stereocenters. The van der Waals surface area contributed by atoms with E-state index in [1.165, 1.54) is 0 Å². The maximum absolute atomic E-state index is 5.52. The summed E-state index contributed by atoms with van der Waals surface area (Å²) in [4.78, 5) is 18.8. The molecule has 0 saturated carbocycles. The summed E-state index contributed by atoms with van der Waals surface area (Å²) in [5, 5.41) is 0. The van der Waals surface area contributed by atoms with Gasteiger partial charge in [0.25, 0.3) is 0 Å². The Balaban J connectivity index is 1.51. The van der Waals surface area contributed by atoms with E-state index in [4.69, 9.17) is 9.97 Å². The lowest BCUT2D eigenvalue weighted by atomic mass is 10.1. The van der Waals surface area contributed by atoms with E-state index < -0.39 is 0 Å². The summed E-state index contributed by atoms with van der Waals surface area (Å²) in [6.07, 6.45) is 24.6. The van der Waals surface area contributed by atoms with Crippen LogP contribution in [0.4, 0.5) is 0 Å². The molecule has 7 aromatic rings. The third-order valence-electron chi connectivity index (χ3n) is 10.8. The number of allylic oxidation sites excluding steroid dienone is 4. The fourth-order valence-electron chi connectivity index (χ4n) is 8.29. The van der Waals surface area contributed by atoms with Crippen molar-refractivity contribution < 1.29 is 18.3 Å². The van der Waals surface area contributed by atoms with Gasteiger partial charge < -0.3 is 9.97 Å². The molecular weight excluding hydrogens is 737 g/mol. The average molecular weight is 783 g/mol. The predicted molar refractivity (Wildman–Crippen MR) is 242 cm³/mol. The molecule has 290 valence electrons. The van der Waals surface area contributed by atoms with Gasteiger partial charge in [-0.25, -0.2) is 9.97 Å². The first kappa shape index (κ1) is 37.7. The summed E-state index contributed by atoms with van der Waals surface area (Å²) < 4.78 is 8.82. The fourth-order valence-corrected chi connectivity index (χ4v) is 8.29. The second-order valence-electron chi connectivity index (χ2n) is 14.6. The smallest absolute Gasteiger partial charge is 0.217 e. The zero-order valence-electron chi connectivity index (χ0n) is 33.5. The summed E-state index contributed by atoms with van der Waals surface area (Å²) in [7, 11) is 0. The van der Waals surface area contributed by atoms with Gasteiger partial charge in [-0.2, -0.15) is 18.3 Å². The largest absolute Gasteiger partial charge is 0.354 e. The molecule has 9 heterocycles. The van der Waals surface area contributed by atoms with Crippen molar-refractivity contribution in [1.82, 2.24) is 19.9 Å². The van der Waals surface area contributed by atoms with Crippen LogP contribution >= 0.6 is 0 Å². The van der Waals surface area contributed by atoms with Gasteiger partial charge in [0.05, 0.1) is 67.1 Å². The van der Waals surface area contributed by atoms with E-state index in [1.807, 2.05) is 48.6 Å². The Labute approximate surface area is 349 Å². The third kappa shape index (κ3) is 6.94. The van der Waals surface area contributed by atoms with Crippen LogP contribution in [-0.2, 0) is 26.2 Å². The summed E-state index contributed by atoms with van der Waals surface area (Å²) in [6, 6.07) is 33.7. The Bertz CT molecular complexity index is 2680. The number of nitrogens with zero attached hydrogens (tertiary/aromatic N) is 6. The molecule has 0 fully saturated rings. The fraction of sp³-hybridized carbons (Fsp3) is 0.0769. The van der Waals surface area contributed by atoms with Crippen LogP contribution in [0.2, 0.25) is 0 Å². The van der Waals surface area contributed by atoms with Gasteiger partial charge in [-0.05, 0) is 97.1 Å². The Morgan fingerprint density at radius 1 is 0.367 bits per heavy atom. The van der Waals surface area contributed by atoms with E-state index in [0.29, 0.717) is 26.2 Å². The second-order valence-corrected chi connectivity index (χ2v) is 14.6. The predicted octanol–water partition coefficient (Wildman–Crippen LogP) is 9.22. The van der Waals surface area contributed by atoms with Crippen molar-refractivity contribution in [3.8, 4) is 45.0 Å². The lowest BCUT2D eigenvalue weighted by Gasteiger charge is -2.06. The first-order valence-corrected chi connectivity index (χ1v) is 20.1. The van der Waals surface area contributed by atoms with Crippen LogP contribution < -0.4 is 18.3 Å². The molecule has 0 radical (unpaired) electrons. The molecular formula is C52H46N8+4. The van der Waals surface area contributed by atoms with Crippen molar-refractivity contribution in [1.29, 1.82) is 0 Å². The van der Waals surface area contributed by atoms with E-state index >= 15 is 0 Å². The molecule has 0 spiro atoms. The van der Waals surface area contributed by atoms with Crippen LogP contribution in [0, 0.1) is 0 Å². The highest BCUT2D eigenvalue weighted by molar-refractivity contribution is 5.97. The van der Waals surface area contributed by atoms with E-state index in [1.54, 1.807) is 0 Å². The summed E-state index contributed by atoms with van der Waals surface area (Å²) in [5.74, 6) is 0. The summed E-state index contributed by atoms with van der Waals surface area (Å²) in [5.41, 5.74) is 14.9. The average Bonchev–Trinajstić information content (AvgIpc) is 4.12. The number of hydrogen-bond donors (Lipinski definition) is 2. The van der Waals surface area contributed by atoms with Crippen molar-refractivity contribution in [2.75, 3.05) is 0 Å². The molecule has 60 heavy (non-hydrogen) atoms. The maximum Gasteiger partial charge on any atom is 0.217 e. The Kier molecular flexibility index (Phi) is 10.4. The number of nitrogens with one attached hydrogen (secondary N) is 2. The SMILES string of the molecule is C=CC[n+]1ccccc1-c1c2nc(c(-c3cccc[n+]3CC=C)c3ccc([nH]3)c(-c3cccc[n+]3CC=C)c3nc(c(-c4cccc[n+]4CC=C)c4ccc1[nH]4)C=C3)C=C2. The van der Waals surface area contributed by atoms with Crippen molar-refractivity contribution >= 4 is 46.4 Å². The van der Waals surface area contributed by atoms with E-state index in [2.05, 4.69) is 176 Å². The number of H-pyrrole nitrogens is 2. The van der Waals surface area contributed by atoms with Crippen LogP contribution in [0.25, 0.3) is 91.4 Å². The lowest BCUT2D eigenvalue weighted by Crippen LogP contribution is -2.35. The molecule has 9 rings (SSSR count). The van der Waals surface area contributed by atoms with Crippen molar-refractivity contribution in [2.24, 2.45) is 0 Å². The first-order chi connectivity index (χ1) is 29.6. The van der Waals surface area contributed by atoms with Crippen LogP contribution in [0.5, 0.6) is 0 Å². The van der Waals surface area contributed by atoms with Gasteiger partial charge >= 0.3 is 0 Å². The zero-order valence-corrected chi connectivity index (χ0v) is 33.5. The minimum absolute atomic E-state index is 0.630. The van der Waals surface area contributed by atoms with Gasteiger partial charge in [0, 0.05) is 48.5 Å². The zero-order chi connectivity index (χ0) is 41.0. The number of fused-ring (bicyclic) bond motifs is 8. The summed E-state index contributed by atoms with van der Waals surface area (Å²) >= 11 is 0. The number of aromatic nitrogens is 8. The minimum Gasteiger partial charge on any atom is -0.354 e. The van der Waals surface area contributed by atoms with Crippen molar-refractivity contribution in [3.05, 3.63) is 195 Å². The van der Waals surface area contributed by atoms with Gasteiger partial charge in [-0.15, -0.1) is 0 Å². The molecule has 8 bridgehead atoms. The molecule has 0 saturated heterocycles. The molecule has 0 atom stereocenters. The summed E-state index contributed by atoms with van der Waals surface area (Å²) in [6.45, 7) is 18.8. The number of aromatic amines is 2. The topological polar surface area (TPSA) is 72.9 Å². The van der Waals surface area contributed by atoms with Gasteiger partial charge in [0.2, 0.25) is 22.8 Å². The molecule has 0 aromatic carbocycles. The first-order valence-electron chi connectivity index (χ1n) is 20.1. The molecule has 7 aromatic heterocycles. The highest BCUT2D eigenvalue weighted by atomic mass is 15.0. The Hall–Kier alpha value is -7.84. The van der Waals surface area contributed by atoms with Gasteiger partial charge in [0.1, 0.15) is 0 Å².